The van der Waals surface area contributed by atoms with E-state index in [-0.39, 0.29) is 0 Å². The van der Waals surface area contributed by atoms with Crippen LogP contribution in [0.5, 0.6) is 0 Å². The zero-order valence-electron chi connectivity index (χ0n) is 14.0. The van der Waals surface area contributed by atoms with Gasteiger partial charge in [-0.25, -0.2) is 8.78 Å². The first-order valence-electron chi connectivity index (χ1n) is 7.13. The van der Waals surface area contributed by atoms with Crippen LogP contribution in [0.3, 0.4) is 0 Å². The largest absolute Gasteiger partial charge is 0.476 e. The van der Waals surface area contributed by atoms with Crippen molar-refractivity contribution in [3.63, 3.8) is 0 Å². The zero-order valence-corrected chi connectivity index (χ0v) is 14.0. The molecule has 0 fully saturated rings. The fourth-order valence-corrected chi connectivity index (χ4v) is 1.52. The van der Waals surface area contributed by atoms with Crippen molar-refractivity contribution in [1.29, 1.82) is 0 Å². The molecule has 0 aromatic heterocycles. The molecule has 0 spiro atoms. The lowest BCUT2D eigenvalue weighted by Crippen LogP contribution is -2.69. The maximum Gasteiger partial charge on any atom is 0.384 e. The SMILES string of the molecule is C=COCOCC(O)COCC(F)(F)C(F)(F)C(F)(F)C(F)(F)C(F)(F)C(F)F. The van der Waals surface area contributed by atoms with E-state index in [0.717, 1.165) is 6.26 Å². The lowest BCUT2D eigenvalue weighted by Gasteiger charge is -2.39. The summed E-state index contributed by atoms with van der Waals surface area (Å²) in [5.74, 6) is -35.7. The minimum absolute atomic E-state index is 0.492. The normalized spacial score (nSPS) is 15.5. The van der Waals surface area contributed by atoms with Crippen molar-refractivity contribution < 1.29 is 72.0 Å². The summed E-state index contributed by atoms with van der Waals surface area (Å²) in [5.41, 5.74) is 0. The highest BCUT2D eigenvalue weighted by Gasteiger charge is 2.87. The van der Waals surface area contributed by atoms with Crippen LogP contribution in [-0.2, 0) is 14.2 Å². The van der Waals surface area contributed by atoms with Crippen LogP contribution in [0.25, 0.3) is 0 Å². The minimum atomic E-state index is -7.61. The van der Waals surface area contributed by atoms with Gasteiger partial charge in [0.2, 0.25) is 0 Å². The highest BCUT2D eigenvalue weighted by molar-refractivity contribution is 5.09. The monoisotopic (exact) mass is 462 g/mol. The molecule has 1 atom stereocenters. The number of alkyl halides is 12. The van der Waals surface area contributed by atoms with Gasteiger partial charge in [-0.05, 0) is 0 Å². The molecule has 0 saturated carbocycles. The van der Waals surface area contributed by atoms with Crippen molar-refractivity contribution in [2.45, 2.75) is 42.1 Å². The molecule has 0 amide bonds. The number of hydrogen-bond acceptors (Lipinski definition) is 4. The van der Waals surface area contributed by atoms with Crippen molar-refractivity contribution in [2.75, 3.05) is 26.6 Å². The fraction of sp³-hybridized carbons (Fsp3) is 0.846. The Morgan fingerprint density at radius 1 is 0.793 bits per heavy atom. The highest BCUT2D eigenvalue weighted by atomic mass is 19.4. The Morgan fingerprint density at radius 2 is 1.28 bits per heavy atom. The van der Waals surface area contributed by atoms with Gasteiger partial charge >= 0.3 is 36.0 Å². The van der Waals surface area contributed by atoms with Crippen LogP contribution < -0.4 is 0 Å². The Hall–Kier alpha value is -1.42. The van der Waals surface area contributed by atoms with Crippen molar-refractivity contribution in [3.05, 3.63) is 12.8 Å². The molecule has 29 heavy (non-hydrogen) atoms. The first-order valence-corrected chi connectivity index (χ1v) is 7.13. The number of halogens is 12. The Morgan fingerprint density at radius 3 is 1.72 bits per heavy atom. The number of ether oxygens (including phenoxy) is 3. The van der Waals surface area contributed by atoms with Gasteiger partial charge in [-0.2, -0.15) is 43.9 Å². The molecule has 1 unspecified atom stereocenters. The molecule has 0 rings (SSSR count). The summed E-state index contributed by atoms with van der Waals surface area (Å²) in [6.07, 6.45) is -6.47. The number of aliphatic hydroxyl groups is 1. The highest BCUT2D eigenvalue weighted by Crippen LogP contribution is 2.58. The van der Waals surface area contributed by atoms with Crippen molar-refractivity contribution in [2.24, 2.45) is 0 Å². The fourth-order valence-electron chi connectivity index (χ4n) is 1.52. The molecular weight excluding hydrogens is 448 g/mol. The van der Waals surface area contributed by atoms with E-state index in [9.17, 15) is 57.8 Å². The molecule has 0 bridgehead atoms. The predicted molar refractivity (Wildman–Crippen MR) is 69.7 cm³/mol. The molecule has 1 N–H and O–H groups in total. The lowest BCUT2D eigenvalue weighted by atomic mass is 9.94. The van der Waals surface area contributed by atoms with E-state index in [4.69, 9.17) is 0 Å². The summed E-state index contributed by atoms with van der Waals surface area (Å²) in [6, 6.07) is 0. The topological polar surface area (TPSA) is 47.9 Å². The van der Waals surface area contributed by atoms with Gasteiger partial charge in [-0.3, -0.25) is 0 Å². The average molecular weight is 462 g/mol. The molecule has 16 heteroatoms. The van der Waals surface area contributed by atoms with Crippen molar-refractivity contribution in [3.8, 4) is 0 Å². The van der Waals surface area contributed by atoms with E-state index in [1.807, 2.05) is 0 Å². The molecule has 0 saturated heterocycles. The molecular formula is C13H14F12O4. The Bertz CT molecular complexity index is 526. The van der Waals surface area contributed by atoms with Gasteiger partial charge in [-0.15, -0.1) is 0 Å². The molecule has 0 aliphatic rings. The maximum absolute atomic E-state index is 13.4. The predicted octanol–water partition coefficient (Wildman–Crippen LogP) is 3.94. The van der Waals surface area contributed by atoms with Crippen LogP contribution in [0, 0.1) is 0 Å². The summed E-state index contributed by atoms with van der Waals surface area (Å²) >= 11 is 0. The molecule has 0 aliphatic heterocycles. The van der Waals surface area contributed by atoms with E-state index in [2.05, 4.69) is 20.8 Å². The molecule has 4 nitrogen and oxygen atoms in total. The Balaban J connectivity index is 5.22. The third-order valence-corrected chi connectivity index (χ3v) is 3.11. The van der Waals surface area contributed by atoms with Crippen molar-refractivity contribution in [1.82, 2.24) is 0 Å². The second-order valence-electron chi connectivity index (χ2n) is 5.34. The molecule has 0 aromatic rings. The third-order valence-electron chi connectivity index (χ3n) is 3.11. The zero-order chi connectivity index (χ0) is 23.3. The van der Waals surface area contributed by atoms with Crippen molar-refractivity contribution >= 4 is 0 Å². The van der Waals surface area contributed by atoms with E-state index >= 15 is 0 Å². The lowest BCUT2D eigenvalue weighted by molar-refractivity contribution is -0.415. The summed E-state index contributed by atoms with van der Waals surface area (Å²) in [7, 11) is 0. The van der Waals surface area contributed by atoms with E-state index in [1.165, 1.54) is 0 Å². The summed E-state index contributed by atoms with van der Waals surface area (Å²) in [5, 5.41) is 9.19. The molecule has 174 valence electrons. The van der Waals surface area contributed by atoms with Crippen LogP contribution in [0.1, 0.15) is 0 Å². The van der Waals surface area contributed by atoms with E-state index < -0.39 is 68.8 Å². The standard InChI is InChI=1S/C13H14F12O4/c1-2-27-6-29-4-7(26)3-28-5-9(16,17)11(20,21)13(24,25)12(22,23)10(18,19)8(14)15/h2,7-8,26H,1,3-6H2. The summed E-state index contributed by atoms with van der Waals surface area (Å²) in [6.45, 7) is -2.13. The maximum atomic E-state index is 13.4. The van der Waals surface area contributed by atoms with Crippen LogP contribution in [-0.4, -0.2) is 73.9 Å². The van der Waals surface area contributed by atoms with E-state index in [0.29, 0.717) is 0 Å². The Kier molecular flexibility index (Phi) is 9.12. The van der Waals surface area contributed by atoms with Gasteiger partial charge < -0.3 is 19.3 Å². The van der Waals surface area contributed by atoms with Gasteiger partial charge in [0.1, 0.15) is 12.7 Å². The number of rotatable bonds is 14. The van der Waals surface area contributed by atoms with E-state index in [1.54, 1.807) is 0 Å². The summed E-state index contributed by atoms with van der Waals surface area (Å²) in [4.78, 5) is 0. The van der Waals surface area contributed by atoms with Gasteiger partial charge in [-0.1, -0.05) is 6.58 Å². The smallest absolute Gasteiger partial charge is 0.384 e. The van der Waals surface area contributed by atoms with Crippen LogP contribution in [0.4, 0.5) is 52.7 Å². The minimum Gasteiger partial charge on any atom is -0.476 e. The van der Waals surface area contributed by atoms with Gasteiger partial charge in [0.05, 0.1) is 19.5 Å². The number of aliphatic hydroxyl groups excluding tert-OH is 1. The third kappa shape index (κ3) is 5.59. The molecule has 0 aromatic carbocycles. The molecule has 0 aliphatic carbocycles. The quantitative estimate of drug-likeness (QED) is 0.184. The molecule has 0 radical (unpaired) electrons. The van der Waals surface area contributed by atoms with Gasteiger partial charge in [0, 0.05) is 0 Å². The number of hydrogen-bond donors (Lipinski definition) is 1. The second-order valence-corrected chi connectivity index (χ2v) is 5.34. The summed E-state index contributed by atoms with van der Waals surface area (Å²) < 4.78 is 168. The van der Waals surface area contributed by atoms with Crippen LogP contribution in [0.2, 0.25) is 0 Å². The molecule has 0 heterocycles. The van der Waals surface area contributed by atoms with Crippen LogP contribution >= 0.6 is 0 Å². The second kappa shape index (κ2) is 9.59. The first kappa shape index (κ1) is 27.6. The van der Waals surface area contributed by atoms with Gasteiger partial charge in [0.15, 0.2) is 6.79 Å². The first-order chi connectivity index (χ1) is 12.9. The van der Waals surface area contributed by atoms with Gasteiger partial charge in [0.25, 0.3) is 0 Å². The Labute approximate surface area is 155 Å². The average Bonchev–Trinajstić information content (AvgIpc) is 2.57. The van der Waals surface area contributed by atoms with Crippen LogP contribution in [0.15, 0.2) is 12.8 Å².